The van der Waals surface area contributed by atoms with Gasteiger partial charge in [0.15, 0.2) is 0 Å². The van der Waals surface area contributed by atoms with Gasteiger partial charge in [-0.15, -0.1) is 0 Å². The van der Waals surface area contributed by atoms with E-state index in [-0.39, 0.29) is 17.7 Å². The molecule has 0 radical (unpaired) electrons. The van der Waals surface area contributed by atoms with Crippen LogP contribution in [-0.2, 0) is 15.6 Å². The molecule has 0 fully saturated rings. The Kier molecular flexibility index (Phi) is 5.90. The van der Waals surface area contributed by atoms with E-state index in [1.165, 1.54) is 0 Å². The molecule has 2 N–H and O–H groups in total. The normalized spacial score (nSPS) is 15.1. The SMILES string of the molecule is CCN(C)C(=O)CS(=O)CC(C)N. The first-order valence-corrected chi connectivity index (χ1v) is 5.80. The molecule has 0 heterocycles. The highest BCUT2D eigenvalue weighted by Gasteiger charge is 2.12. The van der Waals surface area contributed by atoms with Crippen molar-refractivity contribution in [3.8, 4) is 0 Å². The molecule has 13 heavy (non-hydrogen) atoms. The second-order valence-corrected chi connectivity index (χ2v) is 4.64. The van der Waals surface area contributed by atoms with Crippen LogP contribution in [-0.4, -0.2) is 46.2 Å². The van der Waals surface area contributed by atoms with Gasteiger partial charge in [-0.05, 0) is 13.8 Å². The van der Waals surface area contributed by atoms with Crippen molar-refractivity contribution in [2.24, 2.45) is 5.73 Å². The van der Waals surface area contributed by atoms with Crippen LogP contribution >= 0.6 is 0 Å². The molecular formula is C8H18N2O2S. The van der Waals surface area contributed by atoms with Crippen LogP contribution in [0.4, 0.5) is 0 Å². The van der Waals surface area contributed by atoms with Crippen molar-refractivity contribution in [1.82, 2.24) is 4.90 Å². The summed E-state index contributed by atoms with van der Waals surface area (Å²) in [6.45, 7) is 4.31. The summed E-state index contributed by atoms with van der Waals surface area (Å²) in [5, 5.41) is 0. The predicted molar refractivity (Wildman–Crippen MR) is 54.8 cm³/mol. The maximum atomic E-state index is 11.3. The van der Waals surface area contributed by atoms with Crippen molar-refractivity contribution in [2.45, 2.75) is 19.9 Å². The smallest absolute Gasteiger partial charge is 0.234 e. The zero-order valence-electron chi connectivity index (χ0n) is 8.45. The maximum absolute atomic E-state index is 11.3. The van der Waals surface area contributed by atoms with Crippen LogP contribution in [0.15, 0.2) is 0 Å². The quantitative estimate of drug-likeness (QED) is 0.663. The fraction of sp³-hybridized carbons (Fsp3) is 0.875. The number of nitrogens with two attached hydrogens (primary N) is 1. The van der Waals surface area contributed by atoms with Crippen molar-refractivity contribution < 1.29 is 9.00 Å². The molecule has 0 aliphatic carbocycles. The summed E-state index contributed by atoms with van der Waals surface area (Å²) in [6.07, 6.45) is 0. The number of hydrogen-bond acceptors (Lipinski definition) is 3. The lowest BCUT2D eigenvalue weighted by Gasteiger charge is -2.14. The zero-order chi connectivity index (χ0) is 10.4. The first-order valence-electron chi connectivity index (χ1n) is 4.31. The monoisotopic (exact) mass is 206 g/mol. The Morgan fingerprint density at radius 2 is 2.15 bits per heavy atom. The molecule has 0 aliphatic heterocycles. The molecular weight excluding hydrogens is 188 g/mol. The van der Waals surface area contributed by atoms with E-state index in [4.69, 9.17) is 5.73 Å². The summed E-state index contributed by atoms with van der Waals surface area (Å²) in [5.74, 6) is 0.399. The van der Waals surface area contributed by atoms with Crippen LogP contribution in [0, 0.1) is 0 Å². The lowest BCUT2D eigenvalue weighted by atomic mass is 10.4. The van der Waals surface area contributed by atoms with Gasteiger partial charge in [0.1, 0.15) is 5.75 Å². The average Bonchev–Trinajstić information content (AvgIpc) is 2.01. The molecule has 0 aliphatic rings. The first-order chi connectivity index (χ1) is 5.97. The summed E-state index contributed by atoms with van der Waals surface area (Å²) < 4.78 is 11.3. The molecule has 78 valence electrons. The molecule has 0 saturated heterocycles. The van der Waals surface area contributed by atoms with Gasteiger partial charge < -0.3 is 10.6 Å². The van der Waals surface area contributed by atoms with E-state index in [0.717, 1.165) is 0 Å². The van der Waals surface area contributed by atoms with E-state index >= 15 is 0 Å². The van der Waals surface area contributed by atoms with Gasteiger partial charge in [0, 0.05) is 36.2 Å². The van der Waals surface area contributed by atoms with Gasteiger partial charge in [-0.3, -0.25) is 9.00 Å². The summed E-state index contributed by atoms with van der Waals surface area (Å²) in [7, 11) is 0.581. The second-order valence-electron chi connectivity index (χ2n) is 3.14. The Bertz CT molecular complexity index is 195. The molecule has 2 unspecified atom stereocenters. The molecule has 0 bridgehead atoms. The molecule has 0 saturated carbocycles. The van der Waals surface area contributed by atoms with Crippen molar-refractivity contribution in [3.63, 3.8) is 0 Å². The van der Waals surface area contributed by atoms with Crippen molar-refractivity contribution >= 4 is 16.7 Å². The van der Waals surface area contributed by atoms with Gasteiger partial charge in [0.25, 0.3) is 0 Å². The minimum atomic E-state index is -1.12. The summed E-state index contributed by atoms with van der Waals surface area (Å²) in [5.41, 5.74) is 5.46. The number of rotatable bonds is 5. The highest BCUT2D eigenvalue weighted by Crippen LogP contribution is 1.91. The van der Waals surface area contributed by atoms with E-state index in [9.17, 15) is 9.00 Å². The maximum Gasteiger partial charge on any atom is 0.234 e. The van der Waals surface area contributed by atoms with Crippen LogP contribution in [0.2, 0.25) is 0 Å². The number of carbonyl (C=O) groups excluding carboxylic acids is 1. The third-order valence-electron chi connectivity index (χ3n) is 1.63. The second kappa shape index (κ2) is 6.10. The van der Waals surface area contributed by atoms with E-state index in [0.29, 0.717) is 12.3 Å². The van der Waals surface area contributed by atoms with Gasteiger partial charge in [0.2, 0.25) is 5.91 Å². The van der Waals surface area contributed by atoms with Crippen LogP contribution in [0.5, 0.6) is 0 Å². The van der Waals surface area contributed by atoms with Gasteiger partial charge in [-0.2, -0.15) is 0 Å². The first kappa shape index (κ1) is 12.6. The topological polar surface area (TPSA) is 63.4 Å². The Balaban J connectivity index is 3.85. The number of hydrogen-bond donors (Lipinski definition) is 1. The molecule has 4 nitrogen and oxygen atoms in total. The van der Waals surface area contributed by atoms with Gasteiger partial charge in [-0.1, -0.05) is 0 Å². The van der Waals surface area contributed by atoms with Crippen LogP contribution in [0.3, 0.4) is 0 Å². The van der Waals surface area contributed by atoms with Gasteiger partial charge in [0.05, 0.1) is 0 Å². The molecule has 0 spiro atoms. The van der Waals surface area contributed by atoms with Crippen LogP contribution in [0.25, 0.3) is 0 Å². The van der Waals surface area contributed by atoms with E-state index < -0.39 is 10.8 Å². The Morgan fingerprint density at radius 1 is 1.62 bits per heavy atom. The van der Waals surface area contributed by atoms with Gasteiger partial charge in [-0.25, -0.2) is 0 Å². The van der Waals surface area contributed by atoms with E-state index in [2.05, 4.69) is 0 Å². The zero-order valence-corrected chi connectivity index (χ0v) is 9.26. The molecule has 2 atom stereocenters. The minimum absolute atomic E-state index is 0.0820. The Hall–Kier alpha value is -0.420. The van der Waals surface area contributed by atoms with E-state index in [1.807, 2.05) is 6.92 Å². The predicted octanol–water partition coefficient (Wildman–Crippen LogP) is -0.439. The highest BCUT2D eigenvalue weighted by molar-refractivity contribution is 7.85. The lowest BCUT2D eigenvalue weighted by molar-refractivity contribution is -0.126. The van der Waals surface area contributed by atoms with Crippen molar-refractivity contribution in [2.75, 3.05) is 25.1 Å². The fourth-order valence-corrected chi connectivity index (χ4v) is 1.98. The van der Waals surface area contributed by atoms with Gasteiger partial charge >= 0.3 is 0 Å². The largest absolute Gasteiger partial charge is 0.345 e. The Morgan fingerprint density at radius 3 is 2.54 bits per heavy atom. The molecule has 0 rings (SSSR count). The lowest BCUT2D eigenvalue weighted by Crippen LogP contribution is -2.33. The molecule has 1 amide bonds. The molecule has 0 aromatic heterocycles. The number of amides is 1. The molecule has 0 aromatic rings. The van der Waals surface area contributed by atoms with Crippen LogP contribution < -0.4 is 5.73 Å². The average molecular weight is 206 g/mol. The van der Waals surface area contributed by atoms with E-state index in [1.54, 1.807) is 18.9 Å². The minimum Gasteiger partial charge on any atom is -0.345 e. The Labute approximate surface area is 81.9 Å². The molecule has 5 heteroatoms. The standard InChI is InChI=1S/C8H18N2O2S/c1-4-10(3)8(11)6-13(12)5-7(2)9/h7H,4-6,9H2,1-3H3. The highest BCUT2D eigenvalue weighted by atomic mass is 32.2. The fourth-order valence-electron chi connectivity index (χ4n) is 0.776. The van der Waals surface area contributed by atoms with Crippen molar-refractivity contribution in [3.05, 3.63) is 0 Å². The molecule has 0 aromatic carbocycles. The summed E-state index contributed by atoms with van der Waals surface area (Å²) in [6, 6.07) is -0.111. The third-order valence-corrected chi connectivity index (χ3v) is 3.10. The third kappa shape index (κ3) is 5.76. The number of nitrogens with zero attached hydrogens (tertiary/aromatic N) is 1. The van der Waals surface area contributed by atoms with Crippen LogP contribution in [0.1, 0.15) is 13.8 Å². The number of carbonyl (C=O) groups is 1. The van der Waals surface area contributed by atoms with Crippen molar-refractivity contribution in [1.29, 1.82) is 0 Å². The summed E-state index contributed by atoms with van der Waals surface area (Å²) in [4.78, 5) is 12.8. The summed E-state index contributed by atoms with van der Waals surface area (Å²) >= 11 is 0.